The van der Waals surface area contributed by atoms with Crippen molar-refractivity contribution in [3.8, 4) is 0 Å². The molecule has 306 valence electrons. The fraction of sp³-hybridized carbons (Fsp3) is 0.218. The molecule has 0 radical (unpaired) electrons. The van der Waals surface area contributed by atoms with Crippen LogP contribution in [-0.4, -0.2) is 23.9 Å². The first-order valence-corrected chi connectivity index (χ1v) is 21.2. The summed E-state index contributed by atoms with van der Waals surface area (Å²) in [5, 5.41) is 4.36. The summed E-state index contributed by atoms with van der Waals surface area (Å²) in [6.07, 6.45) is 8.53. The number of nitrogens with zero attached hydrogens (tertiary/aromatic N) is 2. The minimum absolute atomic E-state index is 0.287. The van der Waals surface area contributed by atoms with E-state index < -0.39 is 34.1 Å². The van der Waals surface area contributed by atoms with E-state index in [1.54, 1.807) is 12.1 Å². The van der Waals surface area contributed by atoms with Crippen LogP contribution in [0, 0.1) is 29.2 Å². The summed E-state index contributed by atoms with van der Waals surface area (Å²) in [6.45, 7) is 7.37. The van der Waals surface area contributed by atoms with Crippen molar-refractivity contribution in [2.75, 3.05) is 18.5 Å². The zero-order chi connectivity index (χ0) is 42.5. The highest BCUT2D eigenvalue weighted by Crippen LogP contribution is 2.54. The molecule has 0 aromatic heterocycles. The summed E-state index contributed by atoms with van der Waals surface area (Å²) in [5.74, 6) is -1.92. The predicted octanol–water partition coefficient (Wildman–Crippen LogP) is 13.5. The van der Waals surface area contributed by atoms with Crippen LogP contribution in [0.1, 0.15) is 55.0 Å². The molecule has 2 unspecified atom stereocenters. The number of fused-ring (bicyclic) bond motifs is 6. The summed E-state index contributed by atoms with van der Waals surface area (Å²) in [6, 6.07) is 43.4. The van der Waals surface area contributed by atoms with Crippen LogP contribution in [0.4, 0.5) is 28.9 Å². The quantitative estimate of drug-likeness (QED) is 0.0931. The standard InChI is InChI=1S/C55H49F4N2/c1-36(2)29-30-61-49-28-24-38-15-8-10-17-44(38)52(49)54(3,34-40-21-25-42(56)31-46(40)58)50(61)19-12-20-51-55(33-37-13-6-5-7-14-37,35-41-22-26-43(57)32-47(41)59)53-45-18-11-9-16-39(45)23-27-48(53)60(51)4/h5-28,31-32,36H,29-30,33-35H2,1-4H3/q+1. The number of likely N-dealkylation sites (N-methyl/N-ethyl adjacent to an activating group) is 1. The molecule has 7 aromatic rings. The van der Waals surface area contributed by atoms with Crippen molar-refractivity contribution < 1.29 is 22.1 Å². The van der Waals surface area contributed by atoms with E-state index in [9.17, 15) is 8.78 Å². The Balaban J connectivity index is 1.27. The Morgan fingerprint density at radius 3 is 1.87 bits per heavy atom. The number of allylic oxidation sites excluding steroid dienone is 4. The van der Waals surface area contributed by atoms with Crippen LogP contribution < -0.4 is 4.90 Å². The van der Waals surface area contributed by atoms with E-state index in [0.29, 0.717) is 29.9 Å². The maximum absolute atomic E-state index is 16.0. The number of hydrogen-bond donors (Lipinski definition) is 0. The molecule has 0 N–H and O–H groups in total. The van der Waals surface area contributed by atoms with E-state index in [0.717, 1.165) is 86.1 Å². The van der Waals surface area contributed by atoms with Crippen LogP contribution in [0.5, 0.6) is 0 Å². The summed E-state index contributed by atoms with van der Waals surface area (Å²) < 4.78 is 62.9. The Morgan fingerprint density at radius 1 is 0.639 bits per heavy atom. The minimum atomic E-state index is -0.771. The van der Waals surface area contributed by atoms with Gasteiger partial charge in [0.1, 0.15) is 29.8 Å². The molecule has 0 aliphatic carbocycles. The van der Waals surface area contributed by atoms with Gasteiger partial charge in [-0.2, -0.15) is 4.58 Å². The van der Waals surface area contributed by atoms with Crippen molar-refractivity contribution in [1.82, 2.24) is 0 Å². The van der Waals surface area contributed by atoms with Crippen molar-refractivity contribution >= 4 is 38.6 Å². The van der Waals surface area contributed by atoms with Crippen LogP contribution >= 0.6 is 0 Å². The number of benzene rings is 7. The van der Waals surface area contributed by atoms with Gasteiger partial charge in [0.2, 0.25) is 5.69 Å². The fourth-order valence-corrected chi connectivity index (χ4v) is 10.2. The molecule has 0 amide bonds. The second kappa shape index (κ2) is 16.0. The van der Waals surface area contributed by atoms with Gasteiger partial charge in [0.15, 0.2) is 5.71 Å². The summed E-state index contributed by atoms with van der Waals surface area (Å²) in [5.41, 5.74) is 6.81. The van der Waals surface area contributed by atoms with Gasteiger partial charge in [-0.15, -0.1) is 0 Å². The molecule has 0 spiro atoms. The molecule has 2 aliphatic heterocycles. The average Bonchev–Trinajstić information content (AvgIpc) is 3.62. The number of hydrogen-bond acceptors (Lipinski definition) is 1. The largest absolute Gasteiger partial charge is 0.347 e. The highest BCUT2D eigenvalue weighted by atomic mass is 19.1. The molecule has 2 nitrogen and oxygen atoms in total. The van der Waals surface area contributed by atoms with E-state index in [1.165, 1.54) is 12.1 Å². The second-order valence-electron chi connectivity index (χ2n) is 17.5. The Kier molecular flexibility index (Phi) is 10.5. The van der Waals surface area contributed by atoms with Crippen LogP contribution in [0.25, 0.3) is 21.5 Å². The van der Waals surface area contributed by atoms with Crippen molar-refractivity contribution in [3.05, 3.63) is 215 Å². The summed E-state index contributed by atoms with van der Waals surface area (Å²) in [7, 11) is 2.07. The third kappa shape index (κ3) is 7.16. The second-order valence-corrected chi connectivity index (χ2v) is 17.5. The van der Waals surface area contributed by atoms with Crippen LogP contribution in [-0.2, 0) is 30.1 Å². The molecule has 7 aromatic carbocycles. The van der Waals surface area contributed by atoms with Gasteiger partial charge in [-0.3, -0.25) is 0 Å². The molecule has 2 aliphatic rings. The lowest BCUT2D eigenvalue weighted by Gasteiger charge is -2.34. The van der Waals surface area contributed by atoms with Gasteiger partial charge in [0.25, 0.3) is 0 Å². The maximum Gasteiger partial charge on any atom is 0.210 e. The van der Waals surface area contributed by atoms with Crippen molar-refractivity contribution in [3.63, 3.8) is 0 Å². The molecule has 0 bridgehead atoms. The van der Waals surface area contributed by atoms with Gasteiger partial charge < -0.3 is 4.90 Å². The lowest BCUT2D eigenvalue weighted by molar-refractivity contribution is -0.439. The Labute approximate surface area is 355 Å². The molecule has 0 fully saturated rings. The van der Waals surface area contributed by atoms with Crippen LogP contribution in [0.15, 0.2) is 163 Å². The smallest absolute Gasteiger partial charge is 0.210 e. The van der Waals surface area contributed by atoms with E-state index in [-0.39, 0.29) is 6.42 Å². The van der Waals surface area contributed by atoms with Crippen molar-refractivity contribution in [2.45, 2.75) is 57.3 Å². The predicted molar refractivity (Wildman–Crippen MR) is 242 cm³/mol. The number of halogens is 4. The molecule has 0 saturated carbocycles. The van der Waals surface area contributed by atoms with Crippen LogP contribution in [0.3, 0.4) is 0 Å². The fourth-order valence-electron chi connectivity index (χ4n) is 10.2. The lowest BCUT2D eigenvalue weighted by atomic mass is 9.69. The summed E-state index contributed by atoms with van der Waals surface area (Å²) >= 11 is 0. The van der Waals surface area contributed by atoms with Crippen molar-refractivity contribution in [1.29, 1.82) is 0 Å². The van der Waals surface area contributed by atoms with E-state index in [2.05, 4.69) is 116 Å². The lowest BCUT2D eigenvalue weighted by Crippen LogP contribution is -2.35. The van der Waals surface area contributed by atoms with Crippen LogP contribution in [0.2, 0.25) is 0 Å². The third-order valence-electron chi connectivity index (χ3n) is 13.1. The molecule has 9 rings (SSSR count). The number of anilines is 1. The molecule has 6 heteroatoms. The minimum Gasteiger partial charge on any atom is -0.347 e. The monoisotopic (exact) mass is 813 g/mol. The first-order chi connectivity index (χ1) is 29.5. The summed E-state index contributed by atoms with van der Waals surface area (Å²) in [4.78, 5) is 2.22. The van der Waals surface area contributed by atoms with E-state index in [4.69, 9.17) is 0 Å². The maximum atomic E-state index is 16.0. The molecule has 2 heterocycles. The molecular formula is C55H49F4N2+. The third-order valence-corrected chi connectivity index (χ3v) is 13.1. The Hall–Kier alpha value is -6.27. The molecule has 0 saturated heterocycles. The highest BCUT2D eigenvalue weighted by molar-refractivity contribution is 6.08. The Bertz CT molecular complexity index is 2910. The highest BCUT2D eigenvalue weighted by Gasteiger charge is 2.50. The van der Waals surface area contributed by atoms with E-state index >= 15 is 8.78 Å². The van der Waals surface area contributed by atoms with E-state index in [1.807, 2.05) is 42.5 Å². The first-order valence-electron chi connectivity index (χ1n) is 21.2. The molecular weight excluding hydrogens is 765 g/mol. The van der Waals surface area contributed by atoms with Gasteiger partial charge in [-0.05, 0) is 106 Å². The zero-order valence-corrected chi connectivity index (χ0v) is 35.0. The topological polar surface area (TPSA) is 6.25 Å². The van der Waals surface area contributed by atoms with Gasteiger partial charge in [0, 0.05) is 60.1 Å². The average molecular weight is 814 g/mol. The Morgan fingerprint density at radius 2 is 1.23 bits per heavy atom. The van der Waals surface area contributed by atoms with Crippen molar-refractivity contribution in [2.24, 2.45) is 5.92 Å². The SMILES string of the molecule is CC(C)CC[N+]1=C(C=CC=C2N(C)c3ccc4ccccc4c3C2(Cc2ccccc2)Cc2ccc(F)cc2F)C(C)(Cc2ccc(F)cc2F)c2c1ccc1ccccc21. The van der Waals surface area contributed by atoms with Gasteiger partial charge in [-0.1, -0.05) is 117 Å². The molecule has 61 heavy (non-hydrogen) atoms. The zero-order valence-electron chi connectivity index (χ0n) is 35.0. The normalized spacial score (nSPS) is 19.3. The van der Waals surface area contributed by atoms with Gasteiger partial charge >= 0.3 is 0 Å². The molecule has 2 atom stereocenters. The van der Waals surface area contributed by atoms with Gasteiger partial charge in [-0.25, -0.2) is 17.6 Å². The first kappa shape index (κ1) is 40.2. The number of rotatable bonds is 11. The van der Waals surface area contributed by atoms with Gasteiger partial charge in [0.05, 0.1) is 5.41 Å².